The molecule has 1 aliphatic rings. The second-order valence-corrected chi connectivity index (χ2v) is 4.93. The molecular weight excluding hydrogens is 183 g/mol. The van der Waals surface area contributed by atoms with Gasteiger partial charge in [0.1, 0.15) is 0 Å². The molecule has 1 heterocycles. The molecule has 0 atom stereocenters. The van der Waals surface area contributed by atoms with Gasteiger partial charge in [0.2, 0.25) is 0 Å². The minimum atomic E-state index is -0.301. The summed E-state index contributed by atoms with van der Waals surface area (Å²) in [6.45, 7) is 10.2. The van der Waals surface area contributed by atoms with E-state index < -0.39 is 0 Å². The van der Waals surface area contributed by atoms with Crippen LogP contribution in [0.2, 0.25) is 0 Å². The Balaban J connectivity index is 2.76. The Morgan fingerprint density at radius 3 is 1.85 bits per heavy atom. The van der Waals surface area contributed by atoms with E-state index in [0.29, 0.717) is 0 Å². The molecule has 2 nitrogen and oxygen atoms in total. The minimum Gasteiger partial charge on any atom is -0.399 e. The molecule has 0 aliphatic carbocycles. The van der Waals surface area contributed by atoms with E-state index in [1.807, 2.05) is 34.6 Å². The summed E-state index contributed by atoms with van der Waals surface area (Å²) in [4.78, 5) is 0. The topological polar surface area (TPSA) is 18.5 Å². The normalized spacial score (nSPS) is 24.8. The van der Waals surface area contributed by atoms with E-state index >= 15 is 0 Å². The standard InChI is InChI=1S/C9H17BO2S/c1-6-7(13)10-11-8(2,3)9(4,5)12-10/h6H2,1-5H3. The summed E-state index contributed by atoms with van der Waals surface area (Å²) in [6, 6.07) is 0. The van der Waals surface area contributed by atoms with Crippen molar-refractivity contribution in [3.63, 3.8) is 0 Å². The van der Waals surface area contributed by atoms with Gasteiger partial charge in [-0.3, -0.25) is 0 Å². The molecule has 4 heteroatoms. The Labute approximate surface area is 86.1 Å². The van der Waals surface area contributed by atoms with Crippen molar-refractivity contribution < 1.29 is 9.31 Å². The molecule has 0 N–H and O–H groups in total. The molecule has 1 rings (SSSR count). The zero-order valence-electron chi connectivity index (χ0n) is 9.01. The summed E-state index contributed by atoms with van der Waals surface area (Å²) in [5.41, 5.74) is -0.534. The van der Waals surface area contributed by atoms with Crippen LogP contribution in [0, 0.1) is 0 Å². The number of hydrogen-bond acceptors (Lipinski definition) is 3. The van der Waals surface area contributed by atoms with Crippen LogP contribution in [0.3, 0.4) is 0 Å². The van der Waals surface area contributed by atoms with Crippen LogP contribution in [-0.2, 0) is 9.31 Å². The van der Waals surface area contributed by atoms with Gasteiger partial charge in [0, 0.05) is 4.76 Å². The van der Waals surface area contributed by atoms with Gasteiger partial charge in [-0.25, -0.2) is 0 Å². The summed E-state index contributed by atoms with van der Waals surface area (Å²) < 4.78 is 12.4. The third-order valence-electron chi connectivity index (χ3n) is 2.86. The van der Waals surface area contributed by atoms with E-state index in [-0.39, 0.29) is 18.3 Å². The lowest BCUT2D eigenvalue weighted by Crippen LogP contribution is -2.41. The Morgan fingerprint density at radius 2 is 1.54 bits per heavy atom. The molecule has 0 aromatic carbocycles. The Morgan fingerprint density at radius 1 is 1.15 bits per heavy atom. The summed E-state index contributed by atoms with van der Waals surface area (Å²) in [7, 11) is -0.301. The predicted molar refractivity (Wildman–Crippen MR) is 59.0 cm³/mol. The van der Waals surface area contributed by atoms with Crippen LogP contribution in [0.25, 0.3) is 0 Å². The fourth-order valence-electron chi connectivity index (χ4n) is 1.14. The highest BCUT2D eigenvalue weighted by atomic mass is 32.1. The summed E-state index contributed by atoms with van der Waals surface area (Å²) in [5.74, 6) is 0. The van der Waals surface area contributed by atoms with Crippen molar-refractivity contribution in [2.45, 2.75) is 52.2 Å². The first-order valence-corrected chi connectivity index (χ1v) is 5.09. The van der Waals surface area contributed by atoms with Gasteiger partial charge in [0.15, 0.2) is 0 Å². The van der Waals surface area contributed by atoms with Crippen LogP contribution in [0.1, 0.15) is 41.0 Å². The number of thiocarbonyl (C=S) groups is 1. The van der Waals surface area contributed by atoms with E-state index in [2.05, 4.69) is 0 Å². The maximum atomic E-state index is 5.75. The highest BCUT2D eigenvalue weighted by Gasteiger charge is 2.52. The Bertz CT molecular complexity index is 210. The van der Waals surface area contributed by atoms with Gasteiger partial charge >= 0.3 is 7.12 Å². The van der Waals surface area contributed by atoms with Gasteiger partial charge in [-0.05, 0) is 34.1 Å². The lowest BCUT2D eigenvalue weighted by atomic mass is 9.83. The maximum Gasteiger partial charge on any atom is 0.501 e. The molecule has 1 saturated heterocycles. The molecule has 1 fully saturated rings. The highest BCUT2D eigenvalue weighted by Crippen LogP contribution is 2.37. The molecule has 0 unspecified atom stereocenters. The van der Waals surface area contributed by atoms with E-state index in [1.165, 1.54) is 0 Å². The summed E-state index contributed by atoms with van der Waals surface area (Å²) in [6.07, 6.45) is 0.826. The molecule has 74 valence electrons. The molecule has 0 bridgehead atoms. The van der Waals surface area contributed by atoms with Gasteiger partial charge in [-0.2, -0.15) is 0 Å². The zero-order valence-corrected chi connectivity index (χ0v) is 9.83. The monoisotopic (exact) mass is 200 g/mol. The van der Waals surface area contributed by atoms with Crippen molar-refractivity contribution in [3.8, 4) is 0 Å². The zero-order chi connectivity index (χ0) is 10.3. The average molecular weight is 200 g/mol. The van der Waals surface area contributed by atoms with E-state index in [1.54, 1.807) is 0 Å². The molecule has 1 aliphatic heterocycles. The number of hydrogen-bond donors (Lipinski definition) is 0. The molecule has 0 aromatic rings. The van der Waals surface area contributed by atoms with Crippen LogP contribution < -0.4 is 0 Å². The molecular formula is C9H17BO2S. The SMILES string of the molecule is CCC(=S)B1OC(C)(C)C(C)(C)O1. The smallest absolute Gasteiger partial charge is 0.399 e. The molecule has 0 aromatic heterocycles. The van der Waals surface area contributed by atoms with Crippen molar-refractivity contribution in [3.05, 3.63) is 0 Å². The van der Waals surface area contributed by atoms with Crippen LogP contribution in [-0.4, -0.2) is 23.1 Å². The third-order valence-corrected chi connectivity index (χ3v) is 3.35. The van der Waals surface area contributed by atoms with E-state index in [0.717, 1.165) is 11.2 Å². The molecule has 0 radical (unpaired) electrons. The fraction of sp³-hybridized carbons (Fsp3) is 0.889. The first kappa shape index (κ1) is 11.2. The lowest BCUT2D eigenvalue weighted by molar-refractivity contribution is 0.00578. The van der Waals surface area contributed by atoms with Gasteiger partial charge in [0.05, 0.1) is 11.2 Å². The Hall–Kier alpha value is 0.0749. The minimum absolute atomic E-state index is 0.267. The second kappa shape index (κ2) is 3.33. The largest absolute Gasteiger partial charge is 0.501 e. The van der Waals surface area contributed by atoms with Crippen molar-refractivity contribution in [1.29, 1.82) is 0 Å². The third kappa shape index (κ3) is 1.95. The molecule has 0 saturated carbocycles. The van der Waals surface area contributed by atoms with Crippen LogP contribution in [0.15, 0.2) is 0 Å². The summed E-state index contributed by atoms with van der Waals surface area (Å²) >= 11 is 5.17. The molecule has 0 amide bonds. The first-order chi connectivity index (χ1) is 5.80. The van der Waals surface area contributed by atoms with Gasteiger partial charge in [-0.1, -0.05) is 19.1 Å². The fourth-order valence-corrected chi connectivity index (χ4v) is 1.24. The van der Waals surface area contributed by atoms with Crippen LogP contribution in [0.4, 0.5) is 0 Å². The molecule has 13 heavy (non-hydrogen) atoms. The van der Waals surface area contributed by atoms with Crippen molar-refractivity contribution in [2.24, 2.45) is 0 Å². The first-order valence-electron chi connectivity index (χ1n) is 4.68. The van der Waals surface area contributed by atoms with Crippen molar-refractivity contribution >= 4 is 24.1 Å². The summed E-state index contributed by atoms with van der Waals surface area (Å²) in [5, 5.41) is 0. The van der Waals surface area contributed by atoms with Crippen molar-refractivity contribution in [1.82, 2.24) is 0 Å². The van der Waals surface area contributed by atoms with Crippen LogP contribution in [0.5, 0.6) is 0 Å². The van der Waals surface area contributed by atoms with Gasteiger partial charge in [0.25, 0.3) is 0 Å². The second-order valence-electron chi connectivity index (χ2n) is 4.41. The van der Waals surface area contributed by atoms with E-state index in [9.17, 15) is 0 Å². The van der Waals surface area contributed by atoms with Gasteiger partial charge in [-0.15, -0.1) is 0 Å². The van der Waals surface area contributed by atoms with Gasteiger partial charge < -0.3 is 9.31 Å². The van der Waals surface area contributed by atoms with Crippen molar-refractivity contribution in [2.75, 3.05) is 0 Å². The maximum absolute atomic E-state index is 5.75. The predicted octanol–water partition coefficient (Wildman–Crippen LogP) is 2.40. The van der Waals surface area contributed by atoms with E-state index in [4.69, 9.17) is 21.5 Å². The number of rotatable bonds is 2. The quantitative estimate of drug-likeness (QED) is 0.503. The highest BCUT2D eigenvalue weighted by molar-refractivity contribution is 7.83. The van der Waals surface area contributed by atoms with Crippen LogP contribution >= 0.6 is 12.2 Å². The lowest BCUT2D eigenvalue weighted by Gasteiger charge is -2.32. The molecule has 0 spiro atoms. The average Bonchev–Trinajstić information content (AvgIpc) is 2.20. The Kier molecular flexibility index (Phi) is 2.86.